The van der Waals surface area contributed by atoms with E-state index in [1.807, 2.05) is 20.8 Å². The van der Waals surface area contributed by atoms with Gasteiger partial charge >= 0.3 is 5.97 Å². The minimum atomic E-state index is -3.73. The summed E-state index contributed by atoms with van der Waals surface area (Å²) in [4.78, 5) is 24.4. The van der Waals surface area contributed by atoms with Gasteiger partial charge in [-0.15, -0.1) is 0 Å². The maximum atomic E-state index is 13.0. The van der Waals surface area contributed by atoms with Crippen LogP contribution in [0.15, 0.2) is 29.2 Å². The third-order valence-corrected chi connectivity index (χ3v) is 6.31. The molecule has 1 saturated heterocycles. The van der Waals surface area contributed by atoms with Gasteiger partial charge in [0.2, 0.25) is 10.0 Å². The lowest BCUT2D eigenvalue weighted by Crippen LogP contribution is -2.47. The molecule has 28 heavy (non-hydrogen) atoms. The van der Waals surface area contributed by atoms with Crippen LogP contribution in [0.25, 0.3) is 0 Å². The van der Waals surface area contributed by atoms with E-state index in [-0.39, 0.29) is 23.9 Å². The fraction of sp³-hybridized carbons (Fsp3) is 0.579. The Balaban J connectivity index is 1.91. The van der Waals surface area contributed by atoms with E-state index in [9.17, 15) is 22.4 Å². The van der Waals surface area contributed by atoms with E-state index in [1.54, 1.807) is 0 Å². The summed E-state index contributed by atoms with van der Waals surface area (Å²) in [5.41, 5.74) is -0.433. The van der Waals surface area contributed by atoms with Crippen LogP contribution in [0, 0.1) is 11.7 Å². The first-order valence-electron chi connectivity index (χ1n) is 9.18. The van der Waals surface area contributed by atoms with Crippen LogP contribution >= 0.6 is 0 Å². The number of benzene rings is 1. The third kappa shape index (κ3) is 5.75. The number of rotatable bonds is 5. The molecule has 156 valence electrons. The van der Waals surface area contributed by atoms with Gasteiger partial charge in [0.25, 0.3) is 5.91 Å². The normalized spacial score (nSPS) is 17.8. The van der Waals surface area contributed by atoms with Gasteiger partial charge in [-0.1, -0.05) is 0 Å². The summed E-state index contributed by atoms with van der Waals surface area (Å²) >= 11 is 0. The molecule has 0 aromatic heterocycles. The zero-order chi connectivity index (χ0) is 21.1. The van der Waals surface area contributed by atoms with Gasteiger partial charge in [0.15, 0.2) is 6.10 Å². The van der Waals surface area contributed by atoms with Gasteiger partial charge in [-0.3, -0.25) is 9.59 Å². The largest absolute Gasteiger partial charge is 0.452 e. The third-order valence-electron chi connectivity index (χ3n) is 4.40. The molecule has 1 N–H and O–H groups in total. The Bertz CT molecular complexity index is 810. The quantitative estimate of drug-likeness (QED) is 0.745. The molecule has 1 aromatic rings. The minimum Gasteiger partial charge on any atom is -0.452 e. The Labute approximate surface area is 165 Å². The Morgan fingerprint density at radius 3 is 2.21 bits per heavy atom. The molecular formula is C19H27FN2O5S. The molecule has 1 aliphatic rings. The number of carbonyl (C=O) groups is 2. The fourth-order valence-electron chi connectivity index (χ4n) is 2.88. The molecule has 1 amide bonds. The highest BCUT2D eigenvalue weighted by molar-refractivity contribution is 7.89. The number of hydrogen-bond acceptors (Lipinski definition) is 5. The highest BCUT2D eigenvalue weighted by Gasteiger charge is 2.34. The monoisotopic (exact) mass is 414 g/mol. The number of halogens is 1. The number of hydrogen-bond donors (Lipinski definition) is 1. The molecule has 1 aliphatic heterocycles. The Hall–Kier alpha value is -2.00. The number of ether oxygens (including phenoxy) is 1. The zero-order valence-corrected chi connectivity index (χ0v) is 17.4. The highest BCUT2D eigenvalue weighted by Crippen LogP contribution is 2.25. The van der Waals surface area contributed by atoms with E-state index >= 15 is 0 Å². The molecule has 1 aromatic carbocycles. The first-order valence-corrected chi connectivity index (χ1v) is 10.6. The maximum Gasteiger partial charge on any atom is 0.309 e. The average Bonchev–Trinajstić information content (AvgIpc) is 2.60. The Kier molecular flexibility index (Phi) is 6.82. The van der Waals surface area contributed by atoms with Crippen LogP contribution in [0.3, 0.4) is 0 Å². The Morgan fingerprint density at radius 2 is 1.71 bits per heavy atom. The lowest BCUT2D eigenvalue weighted by molar-refractivity contribution is -0.160. The van der Waals surface area contributed by atoms with Gasteiger partial charge in [0.05, 0.1) is 10.8 Å². The first kappa shape index (κ1) is 22.3. The van der Waals surface area contributed by atoms with Gasteiger partial charge in [-0.05, 0) is 64.8 Å². The summed E-state index contributed by atoms with van der Waals surface area (Å²) in [5, 5.41) is 2.75. The van der Waals surface area contributed by atoms with Crippen molar-refractivity contribution in [3.8, 4) is 0 Å². The van der Waals surface area contributed by atoms with Crippen LogP contribution in [-0.4, -0.2) is 49.3 Å². The predicted molar refractivity (Wildman–Crippen MR) is 101 cm³/mol. The number of nitrogens with one attached hydrogen (secondary N) is 1. The van der Waals surface area contributed by atoms with Crippen LogP contribution in [0.5, 0.6) is 0 Å². The van der Waals surface area contributed by atoms with E-state index < -0.39 is 39.4 Å². The van der Waals surface area contributed by atoms with E-state index in [0.717, 1.165) is 12.1 Å². The van der Waals surface area contributed by atoms with Gasteiger partial charge < -0.3 is 10.1 Å². The summed E-state index contributed by atoms with van der Waals surface area (Å²) in [6.45, 7) is 7.31. The number of esters is 1. The van der Waals surface area contributed by atoms with E-state index in [2.05, 4.69) is 5.32 Å². The number of sulfonamides is 1. The molecule has 9 heteroatoms. The lowest BCUT2D eigenvalue weighted by Gasteiger charge is -2.31. The molecule has 0 unspecified atom stereocenters. The van der Waals surface area contributed by atoms with Crippen molar-refractivity contribution in [2.24, 2.45) is 5.92 Å². The van der Waals surface area contributed by atoms with Crippen molar-refractivity contribution in [3.63, 3.8) is 0 Å². The second-order valence-electron chi connectivity index (χ2n) is 7.95. The minimum absolute atomic E-state index is 0.0161. The first-order chi connectivity index (χ1) is 12.9. The highest BCUT2D eigenvalue weighted by atomic mass is 32.2. The molecule has 2 rings (SSSR count). The molecule has 0 bridgehead atoms. The maximum absolute atomic E-state index is 13.0. The van der Waals surface area contributed by atoms with Crippen LogP contribution in [0.2, 0.25) is 0 Å². The fourth-order valence-corrected chi connectivity index (χ4v) is 4.35. The molecule has 1 heterocycles. The second kappa shape index (κ2) is 8.57. The molecule has 7 nitrogen and oxygen atoms in total. The van der Waals surface area contributed by atoms with Crippen molar-refractivity contribution in [2.45, 2.75) is 57.1 Å². The van der Waals surface area contributed by atoms with Crippen molar-refractivity contribution >= 4 is 21.9 Å². The van der Waals surface area contributed by atoms with Crippen molar-refractivity contribution in [2.75, 3.05) is 13.1 Å². The molecule has 1 fully saturated rings. The Morgan fingerprint density at radius 1 is 1.18 bits per heavy atom. The summed E-state index contributed by atoms with van der Waals surface area (Å²) in [6.07, 6.45) is -0.326. The zero-order valence-electron chi connectivity index (χ0n) is 16.6. The van der Waals surface area contributed by atoms with E-state index in [0.29, 0.717) is 12.8 Å². The second-order valence-corrected chi connectivity index (χ2v) is 9.89. The van der Waals surface area contributed by atoms with Crippen molar-refractivity contribution < 1.29 is 27.1 Å². The van der Waals surface area contributed by atoms with Crippen LogP contribution < -0.4 is 5.32 Å². The van der Waals surface area contributed by atoms with Gasteiger partial charge in [-0.2, -0.15) is 4.31 Å². The standard InChI is InChI=1S/C19H27FN2O5S/c1-13(17(23)21-19(2,3)4)27-18(24)14-9-11-22(12-10-14)28(25,26)16-7-5-15(20)6-8-16/h5-8,13-14H,9-12H2,1-4H3,(H,21,23)/t13-/m1/s1. The van der Waals surface area contributed by atoms with Gasteiger partial charge in [0.1, 0.15) is 5.82 Å². The molecule has 0 aliphatic carbocycles. The molecule has 0 saturated carbocycles. The van der Waals surface area contributed by atoms with Gasteiger partial charge in [0, 0.05) is 18.6 Å². The van der Waals surface area contributed by atoms with Crippen LogP contribution in [-0.2, 0) is 24.3 Å². The van der Waals surface area contributed by atoms with E-state index in [4.69, 9.17) is 4.74 Å². The topological polar surface area (TPSA) is 92.8 Å². The number of nitrogens with zero attached hydrogens (tertiary/aromatic N) is 1. The summed E-state index contributed by atoms with van der Waals surface area (Å²) in [5.74, 6) is -1.86. The number of amides is 1. The molecule has 0 radical (unpaired) electrons. The molecule has 1 atom stereocenters. The predicted octanol–water partition coefficient (Wildman–Crippen LogP) is 2.07. The lowest BCUT2D eigenvalue weighted by atomic mass is 9.98. The molecular weight excluding hydrogens is 387 g/mol. The smallest absolute Gasteiger partial charge is 0.309 e. The van der Waals surface area contributed by atoms with Crippen LogP contribution in [0.1, 0.15) is 40.5 Å². The summed E-state index contributed by atoms with van der Waals surface area (Å²) in [6, 6.07) is 4.64. The number of piperidine rings is 1. The summed E-state index contributed by atoms with van der Waals surface area (Å²) in [7, 11) is -3.73. The number of carbonyl (C=O) groups excluding carboxylic acids is 2. The van der Waals surface area contributed by atoms with Crippen LogP contribution in [0.4, 0.5) is 4.39 Å². The average molecular weight is 414 g/mol. The van der Waals surface area contributed by atoms with Gasteiger partial charge in [-0.25, -0.2) is 12.8 Å². The van der Waals surface area contributed by atoms with Crippen molar-refractivity contribution in [3.05, 3.63) is 30.1 Å². The molecule has 0 spiro atoms. The van der Waals surface area contributed by atoms with Crippen molar-refractivity contribution in [1.82, 2.24) is 9.62 Å². The SMILES string of the molecule is C[C@@H](OC(=O)C1CCN(S(=O)(=O)c2ccc(F)cc2)CC1)C(=O)NC(C)(C)C. The summed E-state index contributed by atoms with van der Waals surface area (Å²) < 4.78 is 44.8. The van der Waals surface area contributed by atoms with E-state index in [1.165, 1.54) is 23.4 Å². The van der Waals surface area contributed by atoms with Crippen molar-refractivity contribution in [1.29, 1.82) is 0 Å².